The summed E-state index contributed by atoms with van der Waals surface area (Å²) in [6.45, 7) is 4.07. The van der Waals surface area contributed by atoms with Crippen LogP contribution in [0.4, 0.5) is 10.5 Å². The first-order valence-corrected chi connectivity index (χ1v) is 9.54. The molecule has 9 heteroatoms. The molecule has 1 fully saturated rings. The topological polar surface area (TPSA) is 109 Å². The molecule has 2 unspecified atom stereocenters. The second-order valence-electron chi connectivity index (χ2n) is 6.45. The Morgan fingerprint density at radius 3 is 2.88 bits per heavy atom. The summed E-state index contributed by atoms with van der Waals surface area (Å²) in [5, 5.41) is 4.77. The smallest absolute Gasteiger partial charge is 0.414 e. The normalized spacial score (nSPS) is 21.0. The number of hydrazine groups is 1. The third-order valence-corrected chi connectivity index (χ3v) is 5.42. The predicted molar refractivity (Wildman–Crippen MR) is 98.5 cm³/mol. The van der Waals surface area contributed by atoms with E-state index in [-0.39, 0.29) is 17.4 Å². The van der Waals surface area contributed by atoms with E-state index in [9.17, 15) is 14.4 Å². The Morgan fingerprint density at radius 1 is 1.31 bits per heavy atom. The van der Waals surface area contributed by atoms with Crippen LogP contribution >= 0.6 is 11.8 Å². The molecule has 26 heavy (non-hydrogen) atoms. The monoisotopic (exact) mass is 378 g/mol. The molecule has 2 aliphatic heterocycles. The van der Waals surface area contributed by atoms with Crippen LogP contribution in [0.25, 0.3) is 0 Å². The lowest BCUT2D eigenvalue weighted by Gasteiger charge is -2.19. The first-order chi connectivity index (χ1) is 12.4. The Kier molecular flexibility index (Phi) is 5.67. The van der Waals surface area contributed by atoms with Gasteiger partial charge >= 0.3 is 6.09 Å². The maximum atomic E-state index is 12.5. The van der Waals surface area contributed by atoms with Crippen molar-refractivity contribution in [2.24, 2.45) is 5.92 Å². The van der Waals surface area contributed by atoms with E-state index >= 15 is 0 Å². The minimum absolute atomic E-state index is 0.235. The number of carbonyl (C=O) groups is 3. The number of amides is 3. The molecule has 3 rings (SSSR count). The number of imide groups is 1. The minimum Gasteiger partial charge on any atom is -0.447 e. The SMILES string of the molecule is CC(C)OC(=O)NC(=O)C1CCSC1NC(=O)c1ccc2c(c1)CNN2. The van der Waals surface area contributed by atoms with Crippen molar-refractivity contribution in [3.8, 4) is 0 Å². The molecule has 0 saturated carbocycles. The zero-order valence-electron chi connectivity index (χ0n) is 14.6. The number of anilines is 1. The molecular formula is C17H22N4O4S. The van der Waals surface area contributed by atoms with Gasteiger partial charge in [-0.3, -0.25) is 14.9 Å². The fraction of sp³-hybridized carbons (Fsp3) is 0.471. The van der Waals surface area contributed by atoms with Crippen LogP contribution in [-0.2, 0) is 16.1 Å². The molecule has 2 atom stereocenters. The van der Waals surface area contributed by atoms with E-state index in [2.05, 4.69) is 21.5 Å². The molecule has 1 aromatic rings. The van der Waals surface area contributed by atoms with Crippen LogP contribution in [-0.4, -0.2) is 35.1 Å². The molecule has 0 bridgehead atoms. The maximum absolute atomic E-state index is 12.5. The summed E-state index contributed by atoms with van der Waals surface area (Å²) in [6.07, 6.45) is -0.473. The summed E-state index contributed by atoms with van der Waals surface area (Å²) in [5.74, 6) is -0.392. The minimum atomic E-state index is -0.759. The molecule has 1 aromatic carbocycles. The number of nitrogens with one attached hydrogen (secondary N) is 4. The molecule has 0 radical (unpaired) electrons. The largest absolute Gasteiger partial charge is 0.447 e. The van der Waals surface area contributed by atoms with Crippen LogP contribution in [0.5, 0.6) is 0 Å². The van der Waals surface area contributed by atoms with Gasteiger partial charge < -0.3 is 15.5 Å². The second-order valence-corrected chi connectivity index (χ2v) is 7.70. The van der Waals surface area contributed by atoms with Crippen molar-refractivity contribution in [2.75, 3.05) is 11.2 Å². The molecular weight excluding hydrogens is 356 g/mol. The van der Waals surface area contributed by atoms with E-state index < -0.39 is 17.9 Å². The van der Waals surface area contributed by atoms with E-state index in [0.717, 1.165) is 17.0 Å². The van der Waals surface area contributed by atoms with Gasteiger partial charge in [-0.2, -0.15) is 0 Å². The summed E-state index contributed by atoms with van der Waals surface area (Å²) in [6, 6.07) is 5.41. The van der Waals surface area contributed by atoms with Gasteiger partial charge in [-0.05, 0) is 49.8 Å². The standard InChI is InChI=1S/C17H22N4O4S/c1-9(2)25-17(24)20-15(23)12-5-6-26-16(12)19-14(22)10-3-4-13-11(7-10)8-18-21-13/h3-4,7,9,12,16,18,21H,5-6,8H2,1-2H3,(H,19,22)(H,20,23,24). The molecule has 4 N–H and O–H groups in total. The lowest BCUT2D eigenvalue weighted by atomic mass is 10.0. The summed E-state index contributed by atoms with van der Waals surface area (Å²) in [5.41, 5.74) is 8.52. The average molecular weight is 378 g/mol. The van der Waals surface area contributed by atoms with Crippen LogP contribution in [0.15, 0.2) is 18.2 Å². The van der Waals surface area contributed by atoms with Gasteiger partial charge in [-0.15, -0.1) is 11.8 Å². The Hall–Kier alpha value is -2.26. The van der Waals surface area contributed by atoms with Gasteiger partial charge in [-0.1, -0.05) is 0 Å². The Bertz CT molecular complexity index is 725. The summed E-state index contributed by atoms with van der Waals surface area (Å²) in [7, 11) is 0. The molecule has 0 aliphatic carbocycles. The van der Waals surface area contributed by atoms with Crippen molar-refractivity contribution < 1.29 is 19.1 Å². The molecule has 8 nitrogen and oxygen atoms in total. The first-order valence-electron chi connectivity index (χ1n) is 8.50. The van der Waals surface area contributed by atoms with Gasteiger partial charge in [0.2, 0.25) is 5.91 Å². The Labute approximate surface area is 155 Å². The number of fused-ring (bicyclic) bond motifs is 1. The van der Waals surface area contributed by atoms with Gasteiger partial charge in [0.05, 0.1) is 23.1 Å². The van der Waals surface area contributed by atoms with Gasteiger partial charge in [0.15, 0.2) is 0 Å². The number of hydrogen-bond donors (Lipinski definition) is 4. The molecule has 0 spiro atoms. The van der Waals surface area contributed by atoms with E-state index in [4.69, 9.17) is 4.74 Å². The van der Waals surface area contributed by atoms with Crippen molar-refractivity contribution in [3.63, 3.8) is 0 Å². The number of hydrogen-bond acceptors (Lipinski definition) is 7. The fourth-order valence-corrected chi connectivity index (χ4v) is 4.21. The highest BCUT2D eigenvalue weighted by Gasteiger charge is 2.36. The number of rotatable bonds is 4. The fourth-order valence-electron chi connectivity index (χ4n) is 2.89. The highest BCUT2D eigenvalue weighted by molar-refractivity contribution is 8.00. The molecule has 0 aromatic heterocycles. The molecule has 3 amide bonds. The average Bonchev–Trinajstić information content (AvgIpc) is 3.21. The van der Waals surface area contributed by atoms with E-state index in [1.165, 1.54) is 11.8 Å². The van der Waals surface area contributed by atoms with Crippen molar-refractivity contribution in [2.45, 2.75) is 38.3 Å². The highest BCUT2D eigenvalue weighted by atomic mass is 32.2. The summed E-state index contributed by atoms with van der Waals surface area (Å²) < 4.78 is 4.93. The van der Waals surface area contributed by atoms with Gasteiger partial charge in [0, 0.05) is 12.1 Å². The highest BCUT2D eigenvalue weighted by Crippen LogP contribution is 2.31. The van der Waals surface area contributed by atoms with E-state index in [1.807, 2.05) is 12.1 Å². The van der Waals surface area contributed by atoms with Gasteiger partial charge in [0.1, 0.15) is 0 Å². The lowest BCUT2D eigenvalue weighted by Crippen LogP contribution is -2.44. The number of thioether (sulfide) groups is 1. The molecule has 140 valence electrons. The van der Waals surface area contributed by atoms with E-state index in [0.29, 0.717) is 18.5 Å². The third kappa shape index (κ3) is 4.28. The predicted octanol–water partition coefficient (Wildman–Crippen LogP) is 1.59. The summed E-state index contributed by atoms with van der Waals surface area (Å²) >= 11 is 1.50. The zero-order valence-corrected chi connectivity index (χ0v) is 15.4. The summed E-state index contributed by atoms with van der Waals surface area (Å²) in [4.78, 5) is 36.5. The first kappa shape index (κ1) is 18.5. The zero-order chi connectivity index (χ0) is 18.7. The second kappa shape index (κ2) is 7.96. The van der Waals surface area contributed by atoms with Crippen LogP contribution in [0.1, 0.15) is 36.2 Å². The van der Waals surface area contributed by atoms with Crippen molar-refractivity contribution in [1.29, 1.82) is 0 Å². The quantitative estimate of drug-likeness (QED) is 0.630. The lowest BCUT2D eigenvalue weighted by molar-refractivity contribution is -0.124. The molecule has 1 saturated heterocycles. The number of alkyl carbamates (subject to hydrolysis) is 1. The van der Waals surface area contributed by atoms with Gasteiger partial charge in [-0.25, -0.2) is 10.2 Å². The van der Waals surface area contributed by atoms with Crippen LogP contribution in [0.2, 0.25) is 0 Å². The van der Waals surface area contributed by atoms with Crippen molar-refractivity contribution >= 4 is 35.4 Å². The maximum Gasteiger partial charge on any atom is 0.414 e. The van der Waals surface area contributed by atoms with Crippen molar-refractivity contribution in [3.05, 3.63) is 29.3 Å². The van der Waals surface area contributed by atoms with Crippen LogP contribution in [0, 0.1) is 5.92 Å². The van der Waals surface area contributed by atoms with E-state index in [1.54, 1.807) is 19.9 Å². The van der Waals surface area contributed by atoms with Crippen LogP contribution in [0.3, 0.4) is 0 Å². The number of ether oxygens (including phenoxy) is 1. The van der Waals surface area contributed by atoms with Crippen LogP contribution < -0.4 is 21.5 Å². The third-order valence-electron chi connectivity index (χ3n) is 4.14. The molecule has 2 heterocycles. The van der Waals surface area contributed by atoms with Gasteiger partial charge in [0.25, 0.3) is 5.91 Å². The molecule has 2 aliphatic rings. The number of benzene rings is 1. The Balaban J connectivity index is 1.60. The number of carbonyl (C=O) groups excluding carboxylic acids is 3. The van der Waals surface area contributed by atoms with Crippen molar-refractivity contribution in [1.82, 2.24) is 16.1 Å². The Morgan fingerprint density at radius 2 is 2.12 bits per heavy atom.